The second-order valence-electron chi connectivity index (χ2n) is 4.93. The Morgan fingerprint density at radius 2 is 1.74 bits per heavy atom. The summed E-state index contributed by atoms with van der Waals surface area (Å²) < 4.78 is 13.9. The van der Waals surface area contributed by atoms with Crippen LogP contribution in [0.15, 0.2) is 12.2 Å². The van der Waals surface area contributed by atoms with Crippen LogP contribution in [0.5, 0.6) is 0 Å². The molecule has 0 aromatic rings. The van der Waals surface area contributed by atoms with E-state index in [4.69, 9.17) is 4.74 Å². The molecule has 0 aromatic heterocycles. The summed E-state index contributed by atoms with van der Waals surface area (Å²) in [6, 6.07) is -0.859. The first-order valence-corrected chi connectivity index (χ1v) is 6.80. The molecule has 0 spiro atoms. The van der Waals surface area contributed by atoms with Gasteiger partial charge in [0.05, 0.1) is 12.3 Å². The second kappa shape index (κ2) is 8.66. The minimum atomic E-state index is -0.899. The molecule has 1 saturated heterocycles. The third-order valence-corrected chi connectivity index (χ3v) is 2.68. The normalized spacial score (nSPS) is 17.3. The standard InChI is InChI=1S/C14H17NO8/c1-8(2)14(20)23-7-22-13(19)4-3-12(18)21-6-9-10(16)5-11(17)15-9/h3-4,8-9H,5-7H2,1-2H3,(H,15,17)/b4-3+. The van der Waals surface area contributed by atoms with Gasteiger partial charge in [-0.25, -0.2) is 9.59 Å². The van der Waals surface area contributed by atoms with E-state index in [-0.39, 0.29) is 24.7 Å². The number of Topliss-reactive ketones (excluding diaryl/α,β-unsaturated/α-hetero) is 1. The summed E-state index contributed by atoms with van der Waals surface area (Å²) in [7, 11) is 0. The molecule has 0 aromatic carbocycles. The topological polar surface area (TPSA) is 125 Å². The first kappa shape index (κ1) is 18.3. The van der Waals surface area contributed by atoms with E-state index in [2.05, 4.69) is 14.8 Å². The van der Waals surface area contributed by atoms with Crippen LogP contribution in [-0.2, 0) is 38.2 Å². The Kier molecular flexibility index (Phi) is 6.91. The summed E-state index contributed by atoms with van der Waals surface area (Å²) in [5.74, 6) is -3.44. The molecule has 0 saturated carbocycles. The van der Waals surface area contributed by atoms with Gasteiger partial charge in [0.25, 0.3) is 0 Å². The third kappa shape index (κ3) is 6.72. The SMILES string of the molecule is CC(C)C(=O)OCOC(=O)/C=C/C(=O)OCC1NC(=O)CC1=O. The number of nitrogens with one attached hydrogen (secondary N) is 1. The predicted molar refractivity (Wildman–Crippen MR) is 73.5 cm³/mol. The first-order chi connectivity index (χ1) is 10.8. The van der Waals surface area contributed by atoms with E-state index in [1.54, 1.807) is 13.8 Å². The maximum Gasteiger partial charge on any atom is 0.333 e. The molecule has 1 unspecified atom stereocenters. The van der Waals surface area contributed by atoms with Crippen molar-refractivity contribution in [3.8, 4) is 0 Å². The molecule has 9 heteroatoms. The van der Waals surface area contributed by atoms with Crippen molar-refractivity contribution in [1.29, 1.82) is 0 Å². The lowest BCUT2D eigenvalue weighted by Crippen LogP contribution is -2.34. The van der Waals surface area contributed by atoms with Crippen molar-refractivity contribution in [3.05, 3.63) is 12.2 Å². The van der Waals surface area contributed by atoms with E-state index in [1.165, 1.54) is 0 Å². The van der Waals surface area contributed by atoms with Gasteiger partial charge < -0.3 is 19.5 Å². The molecule has 1 atom stereocenters. The number of hydrogen-bond donors (Lipinski definition) is 1. The molecule has 0 radical (unpaired) electrons. The van der Waals surface area contributed by atoms with Gasteiger partial charge >= 0.3 is 17.9 Å². The highest BCUT2D eigenvalue weighted by Crippen LogP contribution is 2.03. The minimum absolute atomic E-state index is 0.237. The van der Waals surface area contributed by atoms with Crippen LogP contribution in [0.4, 0.5) is 0 Å². The molecule has 23 heavy (non-hydrogen) atoms. The Hall–Kier alpha value is -2.71. The Morgan fingerprint density at radius 1 is 1.13 bits per heavy atom. The molecule has 1 N–H and O–H groups in total. The molecular weight excluding hydrogens is 310 g/mol. The summed E-state index contributed by atoms with van der Waals surface area (Å²) in [6.45, 7) is 2.38. The fourth-order valence-corrected chi connectivity index (χ4v) is 1.45. The number of ketones is 1. The Balaban J connectivity index is 2.24. The fraction of sp³-hybridized carbons (Fsp3) is 0.500. The summed E-state index contributed by atoms with van der Waals surface area (Å²) in [5, 5.41) is 2.34. The maximum atomic E-state index is 11.3. The highest BCUT2D eigenvalue weighted by Gasteiger charge is 2.30. The molecular formula is C14H17NO8. The molecule has 1 aliphatic heterocycles. The smallest absolute Gasteiger partial charge is 0.333 e. The van der Waals surface area contributed by atoms with Crippen LogP contribution in [0.25, 0.3) is 0 Å². The molecule has 126 valence electrons. The van der Waals surface area contributed by atoms with Crippen LogP contribution in [0.2, 0.25) is 0 Å². The number of esters is 3. The Bertz CT molecular complexity index is 537. The third-order valence-electron chi connectivity index (χ3n) is 2.68. The van der Waals surface area contributed by atoms with Crippen molar-refractivity contribution < 1.29 is 38.2 Å². The molecule has 9 nitrogen and oxygen atoms in total. The van der Waals surface area contributed by atoms with Crippen LogP contribution >= 0.6 is 0 Å². The lowest BCUT2D eigenvalue weighted by atomic mass is 10.2. The van der Waals surface area contributed by atoms with Gasteiger partial charge in [0, 0.05) is 12.2 Å². The second-order valence-corrected chi connectivity index (χ2v) is 4.93. The maximum absolute atomic E-state index is 11.3. The van der Waals surface area contributed by atoms with Gasteiger partial charge in [0.1, 0.15) is 12.6 Å². The van der Waals surface area contributed by atoms with Gasteiger partial charge in [-0.2, -0.15) is 0 Å². The predicted octanol–water partition coefficient (Wildman–Crippen LogP) is -0.757. The van der Waals surface area contributed by atoms with Gasteiger partial charge in [-0.05, 0) is 0 Å². The van der Waals surface area contributed by atoms with Crippen LogP contribution in [0.1, 0.15) is 20.3 Å². The largest absolute Gasteiger partial charge is 0.460 e. The number of carbonyl (C=O) groups excluding carboxylic acids is 5. The molecule has 1 aliphatic rings. The highest BCUT2D eigenvalue weighted by atomic mass is 16.7. The molecule has 1 fully saturated rings. The number of ether oxygens (including phenoxy) is 3. The molecule has 0 aliphatic carbocycles. The Morgan fingerprint density at radius 3 is 2.26 bits per heavy atom. The van der Waals surface area contributed by atoms with Gasteiger partial charge in [0.15, 0.2) is 5.78 Å². The van der Waals surface area contributed by atoms with E-state index in [0.717, 1.165) is 12.2 Å². The monoisotopic (exact) mass is 327 g/mol. The minimum Gasteiger partial charge on any atom is -0.460 e. The number of hydrogen-bond acceptors (Lipinski definition) is 8. The molecule has 1 amide bonds. The van der Waals surface area contributed by atoms with Crippen LogP contribution < -0.4 is 5.32 Å². The summed E-state index contributed by atoms with van der Waals surface area (Å²) >= 11 is 0. The average molecular weight is 327 g/mol. The number of carbonyl (C=O) groups is 5. The Labute approximate surface area is 131 Å². The van der Waals surface area contributed by atoms with Crippen LogP contribution in [0.3, 0.4) is 0 Å². The van der Waals surface area contributed by atoms with Gasteiger partial charge in [0.2, 0.25) is 12.7 Å². The van der Waals surface area contributed by atoms with Crippen molar-refractivity contribution in [1.82, 2.24) is 5.32 Å². The zero-order valence-electron chi connectivity index (χ0n) is 12.7. The lowest BCUT2D eigenvalue weighted by Gasteiger charge is -2.08. The highest BCUT2D eigenvalue weighted by molar-refractivity contribution is 6.07. The zero-order valence-corrected chi connectivity index (χ0v) is 12.7. The van der Waals surface area contributed by atoms with Gasteiger partial charge in [-0.1, -0.05) is 13.8 Å². The van der Waals surface area contributed by atoms with E-state index in [0.29, 0.717) is 0 Å². The molecule has 1 heterocycles. The summed E-state index contributed by atoms with van der Waals surface area (Å²) in [6.07, 6.45) is 1.36. The van der Waals surface area contributed by atoms with Crippen LogP contribution in [0, 0.1) is 5.92 Å². The lowest BCUT2D eigenvalue weighted by molar-refractivity contribution is -0.166. The van der Waals surface area contributed by atoms with E-state index >= 15 is 0 Å². The van der Waals surface area contributed by atoms with E-state index in [1.807, 2.05) is 0 Å². The van der Waals surface area contributed by atoms with Crippen molar-refractivity contribution >= 4 is 29.6 Å². The van der Waals surface area contributed by atoms with E-state index < -0.39 is 36.6 Å². The summed E-state index contributed by atoms with van der Waals surface area (Å²) in [4.78, 5) is 55.9. The number of rotatable bonds is 7. The van der Waals surface area contributed by atoms with Crippen molar-refractivity contribution in [2.45, 2.75) is 26.3 Å². The average Bonchev–Trinajstić information content (AvgIpc) is 2.80. The van der Waals surface area contributed by atoms with Gasteiger partial charge in [-0.15, -0.1) is 0 Å². The van der Waals surface area contributed by atoms with Crippen LogP contribution in [-0.4, -0.2) is 49.0 Å². The quantitative estimate of drug-likeness (QED) is 0.280. The van der Waals surface area contributed by atoms with Crippen molar-refractivity contribution in [2.24, 2.45) is 5.92 Å². The number of amides is 1. The summed E-state index contributed by atoms with van der Waals surface area (Å²) in [5.41, 5.74) is 0. The van der Waals surface area contributed by atoms with Crippen molar-refractivity contribution in [2.75, 3.05) is 13.4 Å². The van der Waals surface area contributed by atoms with E-state index in [9.17, 15) is 24.0 Å². The molecule has 0 bridgehead atoms. The fourth-order valence-electron chi connectivity index (χ4n) is 1.45. The molecule has 1 rings (SSSR count). The van der Waals surface area contributed by atoms with Crippen molar-refractivity contribution in [3.63, 3.8) is 0 Å². The van der Waals surface area contributed by atoms with Gasteiger partial charge in [-0.3, -0.25) is 14.4 Å². The zero-order chi connectivity index (χ0) is 17.4. The first-order valence-electron chi connectivity index (χ1n) is 6.80.